The fourth-order valence-electron chi connectivity index (χ4n) is 4.10. The quantitative estimate of drug-likeness (QED) is 0.216. The summed E-state index contributed by atoms with van der Waals surface area (Å²) in [5.41, 5.74) is 4.83. The number of fused-ring (bicyclic) bond motifs is 1. The van der Waals surface area contributed by atoms with E-state index in [-0.39, 0.29) is 17.6 Å². The maximum absolute atomic E-state index is 13.9. The van der Waals surface area contributed by atoms with Crippen LogP contribution in [0.25, 0.3) is 32.9 Å². The number of hydrogen-bond donors (Lipinski definition) is 1. The van der Waals surface area contributed by atoms with Crippen LogP contribution in [-0.2, 0) is 15.3 Å². The van der Waals surface area contributed by atoms with Crippen molar-refractivity contribution in [1.82, 2.24) is 4.98 Å². The van der Waals surface area contributed by atoms with E-state index in [1.807, 2.05) is 67.6 Å². The van der Waals surface area contributed by atoms with Crippen LogP contribution in [0.4, 0.5) is 0 Å². The van der Waals surface area contributed by atoms with E-state index in [0.717, 1.165) is 32.7 Å². The third-order valence-electron chi connectivity index (χ3n) is 5.89. The number of aromatic carboxylic acids is 1. The van der Waals surface area contributed by atoms with Gasteiger partial charge in [-0.05, 0) is 55.3 Å². The van der Waals surface area contributed by atoms with Crippen LogP contribution in [0.15, 0.2) is 83.4 Å². The largest absolute Gasteiger partial charge is 0.477 e. The van der Waals surface area contributed by atoms with E-state index in [2.05, 4.69) is 4.98 Å². The normalized spacial score (nSPS) is 13.1. The Bertz CT molecular complexity index is 1550. The predicted octanol–water partition coefficient (Wildman–Crippen LogP) is 7.37. The van der Waals surface area contributed by atoms with Crippen LogP contribution in [0.2, 0.25) is 0 Å². The molecule has 2 aromatic carbocycles. The Balaban J connectivity index is 1.47. The Morgan fingerprint density at radius 1 is 1.06 bits per heavy atom. The van der Waals surface area contributed by atoms with E-state index in [4.69, 9.17) is 8.94 Å². The van der Waals surface area contributed by atoms with Crippen molar-refractivity contribution in [3.63, 3.8) is 0 Å². The molecule has 6 nitrogen and oxygen atoms in total. The number of carboxylic acids is 1. The summed E-state index contributed by atoms with van der Waals surface area (Å²) in [5.74, 6) is -0.330. The van der Waals surface area contributed by atoms with Gasteiger partial charge in [0.15, 0.2) is 5.58 Å². The third-order valence-corrected chi connectivity index (χ3v) is 9.62. The molecule has 0 bridgehead atoms. The first-order chi connectivity index (χ1) is 17.4. The van der Waals surface area contributed by atoms with Gasteiger partial charge in [-0.2, -0.15) is 0 Å². The second-order valence-corrected chi connectivity index (χ2v) is 11.9. The van der Waals surface area contributed by atoms with Crippen LogP contribution in [0, 0.1) is 6.92 Å². The van der Waals surface area contributed by atoms with Gasteiger partial charge in [0.25, 0.3) is 0 Å². The summed E-state index contributed by atoms with van der Waals surface area (Å²) in [6.07, 6.45) is 1.74. The number of hydrogen-bond acceptors (Lipinski definition) is 6. The summed E-state index contributed by atoms with van der Waals surface area (Å²) in [7, 11) is -3.30. The minimum Gasteiger partial charge on any atom is -0.477 e. The molecule has 36 heavy (non-hydrogen) atoms. The van der Waals surface area contributed by atoms with Crippen molar-refractivity contribution in [2.24, 2.45) is 0 Å². The monoisotopic (exact) mass is 517 g/mol. The Kier molecular flexibility index (Phi) is 6.63. The molecular weight excluding hydrogens is 493 g/mol. The lowest BCUT2D eigenvalue weighted by Crippen LogP contribution is -2.11. The second-order valence-electron chi connectivity index (χ2n) is 8.43. The molecule has 0 spiro atoms. The number of nitrogens with zero attached hydrogens (tertiary/aromatic N) is 1. The molecule has 0 fully saturated rings. The van der Waals surface area contributed by atoms with Crippen molar-refractivity contribution >= 4 is 41.1 Å². The first-order valence-electron chi connectivity index (χ1n) is 11.5. The maximum Gasteiger partial charge on any atom is 0.346 e. The minimum absolute atomic E-state index is 0.0199. The number of thiophene rings is 1. The molecule has 1 atom stereocenters. The lowest BCUT2D eigenvalue weighted by Gasteiger charge is -2.18. The van der Waals surface area contributed by atoms with Crippen LogP contribution >= 0.6 is 18.7 Å². The van der Waals surface area contributed by atoms with E-state index in [0.29, 0.717) is 16.6 Å². The van der Waals surface area contributed by atoms with Gasteiger partial charge < -0.3 is 14.0 Å². The topological polar surface area (TPSA) is 89.6 Å². The summed E-state index contributed by atoms with van der Waals surface area (Å²) in [5, 5.41) is 10.5. The van der Waals surface area contributed by atoms with Gasteiger partial charge in [0.05, 0.1) is 12.8 Å². The first-order valence-corrected chi connectivity index (χ1v) is 14.1. The molecule has 182 valence electrons. The van der Waals surface area contributed by atoms with Crippen molar-refractivity contribution < 1.29 is 23.4 Å². The standard InChI is InChI=1S/C28H24NO5PS/c1-3-33-35(32,22-12-6-18(2)7-13-22)17-21-15-26(36-27(21)28(30)31)20-10-8-19(9-11-20)25-16-23-24(34-25)5-4-14-29-23/h4-16H,3,17H2,1-2H3,(H,30,31). The highest BCUT2D eigenvalue weighted by atomic mass is 32.1. The van der Waals surface area contributed by atoms with Gasteiger partial charge in [-0.15, -0.1) is 11.3 Å². The van der Waals surface area contributed by atoms with Gasteiger partial charge in [-0.3, -0.25) is 9.55 Å². The Morgan fingerprint density at radius 3 is 2.44 bits per heavy atom. The molecule has 0 aliphatic rings. The van der Waals surface area contributed by atoms with Crippen molar-refractivity contribution in [1.29, 1.82) is 0 Å². The van der Waals surface area contributed by atoms with Crippen LogP contribution < -0.4 is 5.30 Å². The average molecular weight is 518 g/mol. The van der Waals surface area contributed by atoms with Gasteiger partial charge in [0.2, 0.25) is 7.37 Å². The number of aryl methyl sites for hydroxylation is 1. The van der Waals surface area contributed by atoms with Crippen molar-refractivity contribution in [2.75, 3.05) is 6.61 Å². The number of carboxylic acid groups (broad SMARTS) is 1. The highest BCUT2D eigenvalue weighted by Gasteiger charge is 2.30. The lowest BCUT2D eigenvalue weighted by molar-refractivity contribution is 0.0701. The maximum atomic E-state index is 13.9. The number of pyridine rings is 1. The van der Waals surface area contributed by atoms with Gasteiger partial charge in [0.1, 0.15) is 16.2 Å². The van der Waals surface area contributed by atoms with E-state index in [9.17, 15) is 14.5 Å². The van der Waals surface area contributed by atoms with Gasteiger partial charge in [-0.25, -0.2) is 4.79 Å². The fraction of sp³-hybridized carbons (Fsp3) is 0.143. The predicted molar refractivity (Wildman–Crippen MR) is 143 cm³/mol. The zero-order chi connectivity index (χ0) is 25.3. The minimum atomic E-state index is -3.30. The smallest absolute Gasteiger partial charge is 0.346 e. The number of rotatable bonds is 8. The van der Waals surface area contributed by atoms with Crippen LogP contribution in [-0.4, -0.2) is 22.7 Å². The molecule has 0 saturated carbocycles. The van der Waals surface area contributed by atoms with Crippen LogP contribution in [0.5, 0.6) is 0 Å². The Labute approximate surface area is 212 Å². The van der Waals surface area contributed by atoms with Crippen molar-refractivity contribution in [2.45, 2.75) is 20.0 Å². The highest BCUT2D eigenvalue weighted by molar-refractivity contribution is 7.66. The molecule has 3 aromatic heterocycles. The third kappa shape index (κ3) is 4.78. The molecule has 1 unspecified atom stereocenters. The van der Waals surface area contributed by atoms with Gasteiger partial charge in [0, 0.05) is 28.0 Å². The molecular formula is C28H24NO5PS. The number of benzene rings is 2. The lowest BCUT2D eigenvalue weighted by atomic mass is 10.1. The van der Waals surface area contributed by atoms with Gasteiger partial charge >= 0.3 is 5.97 Å². The zero-order valence-corrected chi connectivity index (χ0v) is 21.5. The fourth-order valence-corrected chi connectivity index (χ4v) is 7.37. The SMILES string of the molecule is CCOP(=O)(Cc1cc(-c2ccc(-c3cc4ncccc4o3)cc2)sc1C(=O)O)c1ccc(C)cc1. The molecule has 0 aliphatic heterocycles. The first kappa shape index (κ1) is 24.2. The van der Waals surface area contributed by atoms with Crippen LogP contribution in [0.1, 0.15) is 27.7 Å². The molecule has 3 heterocycles. The number of aromatic nitrogens is 1. The van der Waals surface area contributed by atoms with E-state index in [1.54, 1.807) is 25.3 Å². The van der Waals surface area contributed by atoms with E-state index in [1.165, 1.54) is 11.3 Å². The summed E-state index contributed by atoms with van der Waals surface area (Å²) >= 11 is 1.17. The molecule has 8 heteroatoms. The van der Waals surface area contributed by atoms with Gasteiger partial charge in [-0.1, -0.05) is 42.0 Å². The molecule has 0 aliphatic carbocycles. The zero-order valence-electron chi connectivity index (χ0n) is 19.8. The molecule has 5 rings (SSSR count). The summed E-state index contributed by atoms with van der Waals surface area (Å²) in [6.45, 7) is 4.01. The van der Waals surface area contributed by atoms with E-state index < -0.39 is 13.3 Å². The summed E-state index contributed by atoms with van der Waals surface area (Å²) in [6, 6.07) is 22.5. The van der Waals surface area contributed by atoms with Crippen LogP contribution in [0.3, 0.4) is 0 Å². The molecule has 0 radical (unpaired) electrons. The second kappa shape index (κ2) is 9.86. The molecule has 1 N–H and O–H groups in total. The van der Waals surface area contributed by atoms with E-state index >= 15 is 0 Å². The summed E-state index contributed by atoms with van der Waals surface area (Å²) in [4.78, 5) is 17.3. The Hall–Kier alpha value is -3.51. The highest BCUT2D eigenvalue weighted by Crippen LogP contribution is 2.51. The average Bonchev–Trinajstić information content (AvgIpc) is 3.49. The summed E-state index contributed by atoms with van der Waals surface area (Å²) < 4.78 is 25.5. The molecule has 0 amide bonds. The molecule has 0 saturated heterocycles. The Morgan fingerprint density at radius 2 is 1.78 bits per heavy atom. The van der Waals surface area contributed by atoms with Crippen molar-refractivity contribution in [3.8, 4) is 21.8 Å². The molecule has 5 aromatic rings. The van der Waals surface area contributed by atoms with Crippen molar-refractivity contribution in [3.05, 3.63) is 95.0 Å². The number of furan rings is 1. The number of carbonyl (C=O) groups is 1.